The second-order valence-corrected chi connectivity index (χ2v) is 21.6. The predicted octanol–water partition coefficient (Wildman–Crippen LogP) is 8.25. The number of thiophene rings is 1. The molecule has 0 fully saturated rings. The highest BCUT2D eigenvalue weighted by Crippen LogP contribution is 2.49. The van der Waals surface area contributed by atoms with Crippen LogP contribution in [0.2, 0.25) is 0 Å². The monoisotopic (exact) mass is 986 g/mol. The fraction of sp³-hybridized carbons (Fsp3) is 0.356. The molecule has 0 radical (unpaired) electrons. The molecule has 5 N–H and O–H groups in total. The van der Waals surface area contributed by atoms with Gasteiger partial charge in [-0.05, 0) is 73.3 Å². The molecular formula is C45H56N12O8P2S. The summed E-state index contributed by atoms with van der Waals surface area (Å²) in [5, 5.41) is 10.7. The molecule has 8 aromatic rings. The van der Waals surface area contributed by atoms with Gasteiger partial charge in [0.15, 0.2) is 22.9 Å². The number of fused-ring (bicyclic) bond motifs is 2. The number of ether oxygens (including phenoxy) is 4. The van der Waals surface area contributed by atoms with Gasteiger partial charge in [-0.3, -0.25) is 14.2 Å². The highest BCUT2D eigenvalue weighted by Gasteiger charge is 2.28. The van der Waals surface area contributed by atoms with Crippen LogP contribution in [0.5, 0.6) is 11.5 Å². The summed E-state index contributed by atoms with van der Waals surface area (Å²) in [6.07, 6.45) is 10.9. The van der Waals surface area contributed by atoms with E-state index in [2.05, 4.69) is 45.5 Å². The first-order chi connectivity index (χ1) is 33.0. The summed E-state index contributed by atoms with van der Waals surface area (Å²) in [4.78, 5) is 25.0. The number of nitrogen functional groups attached to an aromatic ring is 2. The Morgan fingerprint density at radius 3 is 1.62 bits per heavy atom. The number of para-hydroxylation sites is 2. The summed E-state index contributed by atoms with van der Waals surface area (Å²) < 4.78 is 66.3. The van der Waals surface area contributed by atoms with Gasteiger partial charge in [0.05, 0.1) is 57.4 Å². The standard InChI is InChI=1S/C23H28N5O4PS.C22H28N7O4P/c1-18(12-28-16-27-21-22(24)25-15-26-23(21)28)31-17-33(29,32-20-6-3-2-4-7-20)10-5-9-30-13-19-8-11-34-14-19;1-17(12-29-15-26-20-21(23)24-14-25-22(20)29)32-16-34(30,33-19-6-3-2-4-7-19)9-5-8-31-13-18-10-27-28-11-18/h2-4,6-8,11,14-16,18H,5,9-10,12-13,17H2,1H3,(H2,24,25,26);2-4,6-7,10-11,14-15,17H,5,8-9,12-13,16H2,1H3,(H,27,28)(H2,23,24,25)/t18-,33?;17-,34?/m11/s1. The zero-order valence-corrected chi connectivity index (χ0v) is 40.5. The molecule has 6 heterocycles. The number of nitrogens with two attached hydrogens (primary N) is 2. The Balaban J connectivity index is 0.000000201. The molecule has 0 bridgehead atoms. The first kappa shape index (κ1) is 49.8. The van der Waals surface area contributed by atoms with Crippen molar-refractivity contribution in [2.45, 2.75) is 65.2 Å². The second kappa shape index (κ2) is 24.8. The lowest BCUT2D eigenvalue weighted by atomic mass is 10.3. The van der Waals surface area contributed by atoms with Gasteiger partial charge in [-0.15, -0.1) is 0 Å². The van der Waals surface area contributed by atoms with Crippen molar-refractivity contribution in [1.29, 1.82) is 0 Å². The molecular weight excluding hydrogens is 931 g/mol. The molecule has 0 saturated heterocycles. The molecule has 68 heavy (non-hydrogen) atoms. The lowest BCUT2D eigenvalue weighted by Gasteiger charge is -2.22. The third-order valence-corrected chi connectivity index (χ3v) is 15.1. The van der Waals surface area contributed by atoms with Crippen LogP contribution in [0.1, 0.15) is 37.8 Å². The molecule has 6 aromatic heterocycles. The number of benzene rings is 2. The van der Waals surface area contributed by atoms with Crippen LogP contribution in [0.15, 0.2) is 115 Å². The molecule has 8 rings (SSSR count). The summed E-state index contributed by atoms with van der Waals surface area (Å²) >= 11 is 1.64. The van der Waals surface area contributed by atoms with Crippen LogP contribution in [0.3, 0.4) is 0 Å². The lowest BCUT2D eigenvalue weighted by Crippen LogP contribution is -2.19. The molecule has 4 atom stereocenters. The maximum atomic E-state index is 13.7. The summed E-state index contributed by atoms with van der Waals surface area (Å²) in [6.45, 7) is 6.69. The van der Waals surface area contributed by atoms with E-state index >= 15 is 0 Å². The van der Waals surface area contributed by atoms with Gasteiger partial charge in [0.1, 0.15) is 47.9 Å². The quantitative estimate of drug-likeness (QED) is 0.0341. The first-order valence-electron chi connectivity index (χ1n) is 21.9. The van der Waals surface area contributed by atoms with Crippen molar-refractivity contribution in [2.75, 3.05) is 49.7 Å². The Morgan fingerprint density at radius 1 is 0.662 bits per heavy atom. The van der Waals surface area contributed by atoms with Gasteiger partial charge in [-0.2, -0.15) is 16.4 Å². The van der Waals surface area contributed by atoms with E-state index in [0.29, 0.717) is 110 Å². The van der Waals surface area contributed by atoms with E-state index < -0.39 is 14.7 Å². The van der Waals surface area contributed by atoms with Crippen molar-refractivity contribution in [3.05, 3.63) is 126 Å². The number of aromatic nitrogens is 10. The largest absolute Gasteiger partial charge is 0.441 e. The average molecular weight is 987 g/mol. The molecule has 0 aliphatic rings. The minimum Gasteiger partial charge on any atom is -0.441 e. The van der Waals surface area contributed by atoms with Crippen molar-refractivity contribution in [1.82, 2.24) is 49.2 Å². The molecule has 0 aliphatic heterocycles. The first-order valence-corrected chi connectivity index (χ1v) is 26.8. The van der Waals surface area contributed by atoms with Gasteiger partial charge in [-0.1, -0.05) is 36.4 Å². The average Bonchev–Trinajstić information content (AvgIpc) is 4.19. The third kappa shape index (κ3) is 15.0. The van der Waals surface area contributed by atoms with Gasteiger partial charge in [0.25, 0.3) is 14.7 Å². The number of H-pyrrole nitrogens is 1. The number of hydrogen-bond acceptors (Lipinski definition) is 18. The Morgan fingerprint density at radius 2 is 1.16 bits per heavy atom. The van der Waals surface area contributed by atoms with E-state index in [9.17, 15) is 9.13 Å². The van der Waals surface area contributed by atoms with Gasteiger partial charge < -0.3 is 48.6 Å². The predicted molar refractivity (Wildman–Crippen MR) is 261 cm³/mol. The lowest BCUT2D eigenvalue weighted by molar-refractivity contribution is 0.0824. The fourth-order valence-electron chi connectivity index (χ4n) is 6.75. The van der Waals surface area contributed by atoms with Gasteiger partial charge in [0.2, 0.25) is 0 Å². The molecule has 0 spiro atoms. The summed E-state index contributed by atoms with van der Waals surface area (Å²) in [5.74, 6) is 1.77. The molecule has 360 valence electrons. The highest BCUT2D eigenvalue weighted by molar-refractivity contribution is 7.59. The zero-order chi connectivity index (χ0) is 47.6. The van der Waals surface area contributed by atoms with E-state index in [1.54, 1.807) is 60.7 Å². The van der Waals surface area contributed by atoms with Crippen molar-refractivity contribution < 1.29 is 37.1 Å². The van der Waals surface area contributed by atoms with Crippen molar-refractivity contribution in [3.8, 4) is 11.5 Å². The minimum absolute atomic E-state index is 0.00263. The van der Waals surface area contributed by atoms with Crippen LogP contribution in [0, 0.1) is 0 Å². The van der Waals surface area contributed by atoms with E-state index in [4.69, 9.17) is 39.5 Å². The number of nitrogens with one attached hydrogen (secondary N) is 1. The van der Waals surface area contributed by atoms with Crippen molar-refractivity contribution in [3.63, 3.8) is 0 Å². The van der Waals surface area contributed by atoms with Crippen molar-refractivity contribution in [2.24, 2.45) is 0 Å². The topological polar surface area (TPSA) is 257 Å². The fourth-order valence-corrected chi connectivity index (χ4v) is 11.1. The number of anilines is 2. The van der Waals surface area contributed by atoms with Crippen LogP contribution in [0.25, 0.3) is 22.3 Å². The zero-order valence-electron chi connectivity index (χ0n) is 37.9. The Labute approximate surface area is 397 Å². The Hall–Kier alpha value is -6.05. The van der Waals surface area contributed by atoms with Crippen LogP contribution >= 0.6 is 26.1 Å². The smallest absolute Gasteiger partial charge is 0.272 e. The summed E-state index contributed by atoms with van der Waals surface area (Å²) in [5.41, 5.74) is 16.2. The molecule has 0 aliphatic carbocycles. The number of nitrogens with zero attached hydrogens (tertiary/aromatic N) is 9. The molecule has 2 aromatic carbocycles. The van der Waals surface area contributed by atoms with Gasteiger partial charge in [0, 0.05) is 37.3 Å². The molecule has 20 nitrogen and oxygen atoms in total. The summed E-state index contributed by atoms with van der Waals surface area (Å²) in [7, 11) is -6.24. The Kier molecular flexibility index (Phi) is 18.2. The van der Waals surface area contributed by atoms with E-state index in [0.717, 1.165) is 11.1 Å². The normalized spacial score (nSPS) is 14.1. The number of hydrogen-bond donors (Lipinski definition) is 3. The van der Waals surface area contributed by atoms with Gasteiger partial charge in [-0.25, -0.2) is 29.9 Å². The van der Waals surface area contributed by atoms with Gasteiger partial charge >= 0.3 is 0 Å². The third-order valence-electron chi connectivity index (χ3n) is 10.2. The van der Waals surface area contributed by atoms with Crippen LogP contribution < -0.4 is 20.5 Å². The molecule has 0 amide bonds. The number of imidazole rings is 2. The highest BCUT2D eigenvalue weighted by atomic mass is 32.1. The number of aromatic amines is 1. The van der Waals surface area contributed by atoms with Crippen LogP contribution in [0.4, 0.5) is 11.6 Å². The van der Waals surface area contributed by atoms with Crippen LogP contribution in [-0.4, -0.2) is 99.7 Å². The summed E-state index contributed by atoms with van der Waals surface area (Å²) in [6, 6.07) is 20.4. The van der Waals surface area contributed by atoms with E-state index in [1.165, 1.54) is 12.7 Å². The minimum atomic E-state index is -3.13. The van der Waals surface area contributed by atoms with Crippen molar-refractivity contribution >= 4 is 60.0 Å². The van der Waals surface area contributed by atoms with E-state index in [1.807, 2.05) is 70.8 Å². The molecule has 23 heteroatoms. The second-order valence-electron chi connectivity index (χ2n) is 15.8. The number of rotatable bonds is 26. The van der Waals surface area contributed by atoms with Crippen LogP contribution in [-0.2, 0) is 54.4 Å². The van der Waals surface area contributed by atoms with E-state index in [-0.39, 0.29) is 24.9 Å². The Bertz CT molecular complexity index is 2630. The maximum Gasteiger partial charge on any atom is 0.272 e. The molecule has 2 unspecified atom stereocenters. The molecule has 0 saturated carbocycles. The SMILES string of the molecule is C[C@H](Cn1cnc2c(N)ncnc21)OCP(=O)(CCCOCc1ccsc1)Oc1ccccc1.C[C@H](Cn1cnc2c(N)ncnc21)OCP(=O)(CCCOCc1cn[nH]c1)Oc1ccccc1. The maximum absolute atomic E-state index is 13.7.